The first-order chi connectivity index (χ1) is 11.9. The predicted octanol–water partition coefficient (Wildman–Crippen LogP) is 2.56. The summed E-state index contributed by atoms with van der Waals surface area (Å²) in [5, 5.41) is 4.51. The Morgan fingerprint density at radius 3 is 2.60 bits per heavy atom. The zero-order valence-electron chi connectivity index (χ0n) is 15.1. The van der Waals surface area contributed by atoms with Crippen LogP contribution in [0.15, 0.2) is 29.2 Å². The van der Waals surface area contributed by atoms with Gasteiger partial charge in [0.2, 0.25) is 0 Å². The molecule has 0 aliphatic carbocycles. The Labute approximate surface area is 147 Å². The normalized spacial score (nSPS) is 17.0. The van der Waals surface area contributed by atoms with E-state index in [0.29, 0.717) is 16.5 Å². The van der Waals surface area contributed by atoms with Crippen LogP contribution in [0.4, 0.5) is 0 Å². The highest BCUT2D eigenvalue weighted by Gasteiger charge is 2.13. The lowest BCUT2D eigenvalue weighted by Gasteiger charge is -2.18. The molecule has 4 N–H and O–H groups in total. The quantitative estimate of drug-likeness (QED) is 0.796. The minimum absolute atomic E-state index is 0.108. The van der Waals surface area contributed by atoms with E-state index in [1.807, 2.05) is 13.8 Å². The molecule has 2 aromatic rings. The molecule has 3 rings (SSSR count). The number of hydrogen-bond donors (Lipinski definition) is 3. The van der Waals surface area contributed by atoms with Crippen molar-refractivity contribution >= 4 is 16.7 Å². The van der Waals surface area contributed by atoms with Gasteiger partial charge in [-0.15, -0.1) is 0 Å². The fourth-order valence-electron chi connectivity index (χ4n) is 2.79. The van der Waals surface area contributed by atoms with E-state index < -0.39 is 5.91 Å². The number of fused-ring (bicyclic) bond motifs is 1. The maximum atomic E-state index is 11.7. The molecule has 1 saturated heterocycles. The monoisotopic (exact) mass is 345 g/mol. The molecule has 0 spiro atoms. The molecular formula is C19H27N3O3. The number of nitrogens with two attached hydrogens (primary N) is 1. The van der Waals surface area contributed by atoms with Gasteiger partial charge in [0.1, 0.15) is 5.75 Å². The van der Waals surface area contributed by atoms with Crippen molar-refractivity contribution in [1.82, 2.24) is 10.3 Å². The number of hydrogen-bond acceptors (Lipinski definition) is 4. The summed E-state index contributed by atoms with van der Waals surface area (Å²) in [4.78, 5) is 25.6. The van der Waals surface area contributed by atoms with Crippen molar-refractivity contribution in [3.05, 3.63) is 40.3 Å². The van der Waals surface area contributed by atoms with Gasteiger partial charge in [-0.1, -0.05) is 6.42 Å². The molecule has 136 valence electrons. The van der Waals surface area contributed by atoms with Crippen LogP contribution in [0, 0.1) is 0 Å². The summed E-state index contributed by atoms with van der Waals surface area (Å²) in [6.07, 6.45) is 5.60. The van der Waals surface area contributed by atoms with Crippen LogP contribution in [0.2, 0.25) is 0 Å². The Morgan fingerprint density at radius 2 is 2.08 bits per heavy atom. The molecule has 1 fully saturated rings. The summed E-state index contributed by atoms with van der Waals surface area (Å²) in [6, 6.07) is 5.62. The van der Waals surface area contributed by atoms with Crippen LogP contribution in [0.1, 0.15) is 50.4 Å². The van der Waals surface area contributed by atoms with E-state index in [9.17, 15) is 9.59 Å². The van der Waals surface area contributed by atoms with Crippen molar-refractivity contribution in [2.24, 2.45) is 5.73 Å². The number of primary amides is 1. The van der Waals surface area contributed by atoms with Gasteiger partial charge in [-0.25, -0.2) is 0 Å². The number of ether oxygens (including phenoxy) is 1. The molecule has 0 unspecified atom stereocenters. The third-order valence-corrected chi connectivity index (χ3v) is 4.06. The van der Waals surface area contributed by atoms with Gasteiger partial charge in [0.25, 0.3) is 11.5 Å². The molecule has 6 heteroatoms. The second kappa shape index (κ2) is 8.67. The molecule has 1 aromatic heterocycles. The van der Waals surface area contributed by atoms with Gasteiger partial charge in [-0.2, -0.15) is 0 Å². The second-order valence-electron chi connectivity index (χ2n) is 6.62. The van der Waals surface area contributed by atoms with Gasteiger partial charge in [-0.3, -0.25) is 9.59 Å². The number of H-pyrrole nitrogens is 1. The lowest BCUT2D eigenvalue weighted by atomic mass is 10.1. The summed E-state index contributed by atoms with van der Waals surface area (Å²) in [5.74, 6) is -0.241. The number of aromatic nitrogens is 1. The molecule has 0 radical (unpaired) electrons. The van der Waals surface area contributed by atoms with Gasteiger partial charge in [0, 0.05) is 12.2 Å². The van der Waals surface area contributed by atoms with Crippen molar-refractivity contribution in [1.29, 1.82) is 0 Å². The SMILES string of the molecule is CC(C)Oc1cc2c(=O)[nH]ccc2cc1C(N)=O.C[C@H]1CCCCN1. The minimum atomic E-state index is -0.576. The molecule has 6 nitrogen and oxygen atoms in total. The Morgan fingerprint density at radius 1 is 1.32 bits per heavy atom. The van der Waals surface area contributed by atoms with Crippen molar-refractivity contribution in [3.8, 4) is 5.75 Å². The van der Waals surface area contributed by atoms with Crippen LogP contribution in [0.3, 0.4) is 0 Å². The topological polar surface area (TPSA) is 97.2 Å². The van der Waals surface area contributed by atoms with Crippen LogP contribution >= 0.6 is 0 Å². The lowest BCUT2D eigenvalue weighted by molar-refractivity contribution is 0.0995. The van der Waals surface area contributed by atoms with Crippen molar-refractivity contribution < 1.29 is 9.53 Å². The number of carbonyl (C=O) groups is 1. The lowest BCUT2D eigenvalue weighted by Crippen LogP contribution is -2.30. The van der Waals surface area contributed by atoms with Gasteiger partial charge < -0.3 is 20.8 Å². The van der Waals surface area contributed by atoms with Crippen molar-refractivity contribution in [3.63, 3.8) is 0 Å². The van der Waals surface area contributed by atoms with Crippen LogP contribution in [-0.4, -0.2) is 29.6 Å². The van der Waals surface area contributed by atoms with E-state index in [1.54, 1.807) is 18.2 Å². The van der Waals surface area contributed by atoms with Gasteiger partial charge in [0.05, 0.1) is 17.1 Å². The fraction of sp³-hybridized carbons (Fsp3) is 0.474. The molecule has 1 atom stereocenters. The van der Waals surface area contributed by atoms with Crippen molar-refractivity contribution in [2.45, 2.75) is 52.2 Å². The summed E-state index contributed by atoms with van der Waals surface area (Å²) in [5.41, 5.74) is 5.37. The highest BCUT2D eigenvalue weighted by Crippen LogP contribution is 2.24. The van der Waals surface area contributed by atoms with Gasteiger partial charge >= 0.3 is 0 Å². The van der Waals surface area contributed by atoms with E-state index in [4.69, 9.17) is 10.5 Å². The highest BCUT2D eigenvalue weighted by molar-refractivity contribution is 6.00. The Bertz CT molecular complexity index is 777. The molecular weight excluding hydrogens is 318 g/mol. The zero-order valence-corrected chi connectivity index (χ0v) is 15.1. The molecule has 25 heavy (non-hydrogen) atoms. The van der Waals surface area contributed by atoms with E-state index in [0.717, 1.165) is 6.04 Å². The second-order valence-corrected chi connectivity index (χ2v) is 6.62. The number of nitrogens with one attached hydrogen (secondary N) is 2. The number of pyridine rings is 1. The minimum Gasteiger partial charge on any atom is -0.490 e. The molecule has 1 amide bonds. The predicted molar refractivity (Wildman–Crippen MR) is 100 cm³/mol. The van der Waals surface area contributed by atoms with E-state index in [-0.39, 0.29) is 17.2 Å². The smallest absolute Gasteiger partial charge is 0.255 e. The van der Waals surface area contributed by atoms with Gasteiger partial charge in [-0.05, 0) is 63.7 Å². The third kappa shape index (κ3) is 5.32. The summed E-state index contributed by atoms with van der Waals surface area (Å²) < 4.78 is 5.52. The van der Waals surface area contributed by atoms with Crippen LogP contribution in [-0.2, 0) is 0 Å². The van der Waals surface area contributed by atoms with Crippen LogP contribution in [0.5, 0.6) is 5.75 Å². The molecule has 0 bridgehead atoms. The number of carbonyl (C=O) groups excluding carboxylic acids is 1. The number of piperidine rings is 1. The summed E-state index contributed by atoms with van der Waals surface area (Å²) in [6.45, 7) is 7.16. The first-order valence-electron chi connectivity index (χ1n) is 8.73. The third-order valence-electron chi connectivity index (χ3n) is 4.06. The van der Waals surface area contributed by atoms with E-state index in [1.165, 1.54) is 32.0 Å². The van der Waals surface area contributed by atoms with E-state index in [2.05, 4.69) is 17.2 Å². The highest BCUT2D eigenvalue weighted by atomic mass is 16.5. The standard InChI is InChI=1S/C13H14N2O3.C6H13N/c1-7(2)18-11-6-9-8(3-4-15-13(9)17)5-10(11)12(14)16;1-6-4-2-3-5-7-6/h3-7H,1-2H3,(H2,14,16)(H,15,17);6-7H,2-5H2,1H3/t;6-/m.0/s1. The fourth-order valence-corrected chi connectivity index (χ4v) is 2.79. The number of rotatable bonds is 3. The number of amides is 1. The number of aromatic amines is 1. The Hall–Kier alpha value is -2.34. The Kier molecular flexibility index (Phi) is 6.58. The molecule has 1 aliphatic rings. The number of benzene rings is 1. The van der Waals surface area contributed by atoms with E-state index >= 15 is 0 Å². The molecule has 1 aliphatic heterocycles. The maximum Gasteiger partial charge on any atom is 0.255 e. The molecule has 1 aromatic carbocycles. The average Bonchev–Trinajstić information content (AvgIpc) is 2.56. The first-order valence-corrected chi connectivity index (χ1v) is 8.73. The Balaban J connectivity index is 0.000000269. The zero-order chi connectivity index (χ0) is 18.4. The summed E-state index contributed by atoms with van der Waals surface area (Å²) in [7, 11) is 0. The molecule has 2 heterocycles. The van der Waals surface area contributed by atoms with Crippen LogP contribution < -0.4 is 21.3 Å². The maximum absolute atomic E-state index is 11.7. The molecule has 0 saturated carbocycles. The average molecular weight is 345 g/mol. The van der Waals surface area contributed by atoms with Crippen LogP contribution in [0.25, 0.3) is 10.8 Å². The van der Waals surface area contributed by atoms with Crippen molar-refractivity contribution in [2.75, 3.05) is 6.54 Å². The van der Waals surface area contributed by atoms with Gasteiger partial charge in [0.15, 0.2) is 0 Å². The largest absolute Gasteiger partial charge is 0.490 e. The summed E-state index contributed by atoms with van der Waals surface area (Å²) >= 11 is 0. The first kappa shape index (κ1) is 19.0.